The minimum Gasteiger partial charge on any atom is -0.489 e. The first-order valence-corrected chi connectivity index (χ1v) is 4.76. The molecule has 0 bridgehead atoms. The lowest BCUT2D eigenvalue weighted by Gasteiger charge is -2.09. The topological polar surface area (TPSA) is 35.2 Å². The summed E-state index contributed by atoms with van der Waals surface area (Å²) in [4.78, 5) is 0. The minimum absolute atomic E-state index is 0.307. The third-order valence-electron chi connectivity index (χ3n) is 2.51. The van der Waals surface area contributed by atoms with Crippen molar-refractivity contribution in [2.45, 2.75) is 25.9 Å². The van der Waals surface area contributed by atoms with Crippen molar-refractivity contribution >= 4 is 0 Å². The number of aryl methyl sites for hydroxylation is 1. The minimum atomic E-state index is 0.307. The molecule has 1 heterocycles. The van der Waals surface area contributed by atoms with Gasteiger partial charge in [0.25, 0.3) is 0 Å². The van der Waals surface area contributed by atoms with Crippen LogP contribution in [0.5, 0.6) is 5.75 Å². The van der Waals surface area contributed by atoms with Crippen LogP contribution in [0.25, 0.3) is 0 Å². The Hall–Kier alpha value is -1.02. The monoisotopic (exact) mass is 177 g/mol. The van der Waals surface area contributed by atoms with Gasteiger partial charge in [-0.15, -0.1) is 0 Å². The zero-order chi connectivity index (χ0) is 9.26. The Bertz CT molecular complexity index is 309. The lowest BCUT2D eigenvalue weighted by Crippen LogP contribution is -2.17. The van der Waals surface area contributed by atoms with Crippen molar-refractivity contribution in [1.29, 1.82) is 0 Å². The molecule has 70 valence electrons. The molecule has 1 aromatic rings. The van der Waals surface area contributed by atoms with Crippen LogP contribution < -0.4 is 10.5 Å². The molecule has 1 unspecified atom stereocenters. The van der Waals surface area contributed by atoms with Gasteiger partial charge in [0.05, 0.1) is 0 Å². The van der Waals surface area contributed by atoms with Crippen LogP contribution in [0.2, 0.25) is 0 Å². The second-order valence-electron chi connectivity index (χ2n) is 3.58. The predicted octanol–water partition coefficient (Wildman–Crippen LogP) is 1.65. The molecule has 2 nitrogen and oxygen atoms in total. The van der Waals surface area contributed by atoms with Crippen molar-refractivity contribution in [3.05, 3.63) is 29.3 Å². The highest BCUT2D eigenvalue weighted by Gasteiger charge is 2.22. The summed E-state index contributed by atoms with van der Waals surface area (Å²) in [6.07, 6.45) is 2.28. The van der Waals surface area contributed by atoms with Gasteiger partial charge in [0.15, 0.2) is 0 Å². The molecular formula is C11H15NO. The van der Waals surface area contributed by atoms with E-state index in [0.717, 1.165) is 18.6 Å². The lowest BCUT2D eigenvalue weighted by atomic mass is 10.1. The maximum Gasteiger partial charge on any atom is 0.125 e. The summed E-state index contributed by atoms with van der Waals surface area (Å²) in [5.41, 5.74) is 8.07. The summed E-state index contributed by atoms with van der Waals surface area (Å²) in [5, 5.41) is 0. The van der Waals surface area contributed by atoms with Crippen LogP contribution in [0.15, 0.2) is 18.2 Å². The van der Waals surface area contributed by atoms with E-state index in [1.54, 1.807) is 0 Å². The average Bonchev–Trinajstić information content (AvgIpc) is 2.49. The fourth-order valence-corrected chi connectivity index (χ4v) is 1.84. The van der Waals surface area contributed by atoms with E-state index in [-0.39, 0.29) is 0 Å². The first-order chi connectivity index (χ1) is 6.31. The fourth-order valence-electron chi connectivity index (χ4n) is 1.84. The molecule has 1 aromatic carbocycles. The van der Waals surface area contributed by atoms with E-state index in [1.165, 1.54) is 11.1 Å². The Morgan fingerprint density at radius 3 is 3.08 bits per heavy atom. The summed E-state index contributed by atoms with van der Waals surface area (Å²) in [6.45, 7) is 2.79. The molecule has 0 saturated heterocycles. The quantitative estimate of drug-likeness (QED) is 0.745. The van der Waals surface area contributed by atoms with E-state index in [1.807, 2.05) is 0 Å². The Balaban J connectivity index is 2.20. The van der Waals surface area contributed by atoms with E-state index < -0.39 is 0 Å². The molecule has 1 aliphatic rings. The van der Waals surface area contributed by atoms with Gasteiger partial charge in [0, 0.05) is 6.42 Å². The molecule has 0 aliphatic carbocycles. The number of ether oxygens (including phenoxy) is 1. The second kappa shape index (κ2) is 3.38. The van der Waals surface area contributed by atoms with Crippen molar-refractivity contribution < 1.29 is 4.74 Å². The third kappa shape index (κ3) is 1.54. The molecule has 2 N–H and O–H groups in total. The van der Waals surface area contributed by atoms with E-state index in [2.05, 4.69) is 25.1 Å². The zero-order valence-electron chi connectivity index (χ0n) is 7.92. The van der Waals surface area contributed by atoms with Gasteiger partial charge in [-0.1, -0.05) is 18.2 Å². The molecule has 0 saturated carbocycles. The fraction of sp³-hybridized carbons (Fsp3) is 0.455. The van der Waals surface area contributed by atoms with Crippen LogP contribution >= 0.6 is 0 Å². The summed E-state index contributed by atoms with van der Waals surface area (Å²) in [5.74, 6) is 1.08. The molecule has 2 rings (SSSR count). The highest BCUT2D eigenvalue weighted by Crippen LogP contribution is 2.32. The van der Waals surface area contributed by atoms with Gasteiger partial charge in [-0.25, -0.2) is 0 Å². The first-order valence-electron chi connectivity index (χ1n) is 4.76. The van der Waals surface area contributed by atoms with E-state index >= 15 is 0 Å². The number of para-hydroxylation sites is 1. The van der Waals surface area contributed by atoms with Crippen LogP contribution in [0, 0.1) is 6.92 Å². The summed E-state index contributed by atoms with van der Waals surface area (Å²) in [6, 6.07) is 6.31. The first kappa shape index (κ1) is 8.57. The largest absolute Gasteiger partial charge is 0.489 e. The SMILES string of the molecule is Cc1cccc2c1OC(CCN)C2. The van der Waals surface area contributed by atoms with Crippen molar-refractivity contribution in [3.8, 4) is 5.75 Å². The second-order valence-corrected chi connectivity index (χ2v) is 3.58. The summed E-state index contributed by atoms with van der Waals surface area (Å²) in [7, 11) is 0. The Morgan fingerprint density at radius 1 is 1.54 bits per heavy atom. The predicted molar refractivity (Wildman–Crippen MR) is 53.0 cm³/mol. The molecule has 0 aromatic heterocycles. The summed E-state index contributed by atoms with van der Waals surface area (Å²) >= 11 is 0. The van der Waals surface area contributed by atoms with Crippen molar-refractivity contribution in [2.75, 3.05) is 6.54 Å². The van der Waals surface area contributed by atoms with Gasteiger partial charge in [-0.3, -0.25) is 0 Å². The third-order valence-corrected chi connectivity index (χ3v) is 2.51. The molecule has 0 fully saturated rings. The van der Waals surface area contributed by atoms with Crippen molar-refractivity contribution in [2.24, 2.45) is 5.73 Å². The molecule has 0 amide bonds. The van der Waals surface area contributed by atoms with E-state index in [4.69, 9.17) is 10.5 Å². The molecule has 0 spiro atoms. The Kier molecular flexibility index (Phi) is 2.23. The van der Waals surface area contributed by atoms with Gasteiger partial charge < -0.3 is 10.5 Å². The van der Waals surface area contributed by atoms with Gasteiger partial charge in [0.2, 0.25) is 0 Å². The van der Waals surface area contributed by atoms with Crippen LogP contribution in [0.1, 0.15) is 17.5 Å². The molecule has 1 atom stereocenters. The Labute approximate surface area is 78.7 Å². The Morgan fingerprint density at radius 2 is 2.38 bits per heavy atom. The van der Waals surface area contributed by atoms with Crippen LogP contribution in [0.4, 0.5) is 0 Å². The highest BCUT2D eigenvalue weighted by atomic mass is 16.5. The molecule has 0 radical (unpaired) electrons. The van der Waals surface area contributed by atoms with Crippen LogP contribution in [-0.4, -0.2) is 12.6 Å². The van der Waals surface area contributed by atoms with Crippen LogP contribution in [-0.2, 0) is 6.42 Å². The summed E-state index contributed by atoms with van der Waals surface area (Å²) < 4.78 is 5.80. The smallest absolute Gasteiger partial charge is 0.125 e. The van der Waals surface area contributed by atoms with E-state index in [0.29, 0.717) is 12.6 Å². The number of hydrogen-bond acceptors (Lipinski definition) is 2. The molecule has 1 aliphatic heterocycles. The average molecular weight is 177 g/mol. The number of benzene rings is 1. The van der Waals surface area contributed by atoms with Crippen LogP contribution in [0.3, 0.4) is 0 Å². The number of rotatable bonds is 2. The van der Waals surface area contributed by atoms with Crippen molar-refractivity contribution in [1.82, 2.24) is 0 Å². The standard InChI is InChI=1S/C11H15NO/c1-8-3-2-4-9-7-10(5-6-12)13-11(8)9/h2-4,10H,5-7,12H2,1H3. The number of fused-ring (bicyclic) bond motifs is 1. The van der Waals surface area contributed by atoms with Gasteiger partial charge in [0.1, 0.15) is 11.9 Å². The van der Waals surface area contributed by atoms with Crippen molar-refractivity contribution in [3.63, 3.8) is 0 Å². The van der Waals surface area contributed by atoms with Gasteiger partial charge in [-0.05, 0) is 31.0 Å². The highest BCUT2D eigenvalue weighted by molar-refractivity contribution is 5.43. The van der Waals surface area contributed by atoms with Gasteiger partial charge in [-0.2, -0.15) is 0 Å². The number of hydrogen-bond donors (Lipinski definition) is 1. The van der Waals surface area contributed by atoms with E-state index in [9.17, 15) is 0 Å². The maximum atomic E-state index is 5.80. The maximum absolute atomic E-state index is 5.80. The van der Waals surface area contributed by atoms with Gasteiger partial charge >= 0.3 is 0 Å². The lowest BCUT2D eigenvalue weighted by molar-refractivity contribution is 0.223. The zero-order valence-corrected chi connectivity index (χ0v) is 7.92. The molecular weight excluding hydrogens is 162 g/mol. The molecule has 13 heavy (non-hydrogen) atoms. The number of nitrogens with two attached hydrogens (primary N) is 1. The normalized spacial score (nSPS) is 19.7. The molecule has 2 heteroatoms.